The number of nitrogens with zero attached hydrogens (tertiary/aromatic N) is 1. The summed E-state index contributed by atoms with van der Waals surface area (Å²) < 4.78 is 12.9. The van der Waals surface area contributed by atoms with Gasteiger partial charge in [-0.05, 0) is 13.0 Å². The molecule has 0 unspecified atom stereocenters. The predicted molar refractivity (Wildman–Crippen MR) is 64.8 cm³/mol. The Morgan fingerprint density at radius 3 is 2.83 bits per heavy atom. The minimum absolute atomic E-state index is 0.0485. The topological polar surface area (TPSA) is 71.1 Å². The standard InChI is InChI=1S/C11H13ClFN3O2/c1-2-14-9(17)3-4-15-11(18)8-5-7(13)6-16-10(8)12/h5-6H,2-4H2,1H3,(H,14,17)(H,15,18). The summed E-state index contributed by atoms with van der Waals surface area (Å²) in [6, 6.07) is 0.997. The molecular weight excluding hydrogens is 261 g/mol. The largest absolute Gasteiger partial charge is 0.356 e. The van der Waals surface area contributed by atoms with Gasteiger partial charge in [-0.3, -0.25) is 9.59 Å². The fourth-order valence-corrected chi connectivity index (χ4v) is 1.44. The first-order valence-corrected chi connectivity index (χ1v) is 5.78. The van der Waals surface area contributed by atoms with Crippen molar-refractivity contribution in [3.8, 4) is 0 Å². The Balaban J connectivity index is 2.50. The van der Waals surface area contributed by atoms with Gasteiger partial charge in [-0.25, -0.2) is 9.37 Å². The quantitative estimate of drug-likeness (QED) is 0.790. The van der Waals surface area contributed by atoms with E-state index >= 15 is 0 Å². The van der Waals surface area contributed by atoms with Gasteiger partial charge in [-0.15, -0.1) is 0 Å². The van der Waals surface area contributed by atoms with Gasteiger partial charge >= 0.3 is 0 Å². The second-order valence-corrected chi connectivity index (χ2v) is 3.81. The number of carbonyl (C=O) groups excluding carboxylic acids is 2. The molecule has 0 aliphatic carbocycles. The fourth-order valence-electron chi connectivity index (χ4n) is 1.25. The van der Waals surface area contributed by atoms with E-state index in [4.69, 9.17) is 11.6 Å². The number of aromatic nitrogens is 1. The Morgan fingerprint density at radius 1 is 1.44 bits per heavy atom. The van der Waals surface area contributed by atoms with Crippen LogP contribution < -0.4 is 10.6 Å². The number of halogens is 2. The lowest BCUT2D eigenvalue weighted by molar-refractivity contribution is -0.120. The number of pyridine rings is 1. The second-order valence-electron chi connectivity index (χ2n) is 3.45. The van der Waals surface area contributed by atoms with Crippen LogP contribution >= 0.6 is 11.6 Å². The monoisotopic (exact) mass is 273 g/mol. The Kier molecular flexibility index (Phi) is 5.51. The number of rotatable bonds is 5. The van der Waals surface area contributed by atoms with Crippen molar-refractivity contribution in [3.63, 3.8) is 0 Å². The number of hydrogen-bond acceptors (Lipinski definition) is 3. The van der Waals surface area contributed by atoms with Gasteiger partial charge < -0.3 is 10.6 Å². The molecule has 1 aromatic heterocycles. The molecule has 0 radical (unpaired) electrons. The fraction of sp³-hybridized carbons (Fsp3) is 0.364. The molecule has 0 atom stereocenters. The summed E-state index contributed by atoms with van der Waals surface area (Å²) in [5, 5.41) is 4.98. The summed E-state index contributed by atoms with van der Waals surface area (Å²) in [6.45, 7) is 2.48. The molecule has 0 bridgehead atoms. The van der Waals surface area contributed by atoms with E-state index in [0.29, 0.717) is 6.54 Å². The minimum atomic E-state index is -0.645. The van der Waals surface area contributed by atoms with Crippen molar-refractivity contribution < 1.29 is 14.0 Å². The summed E-state index contributed by atoms with van der Waals surface area (Å²) in [6.07, 6.45) is 1.08. The van der Waals surface area contributed by atoms with Crippen molar-refractivity contribution in [3.05, 3.63) is 28.8 Å². The van der Waals surface area contributed by atoms with Gasteiger partial charge in [0.2, 0.25) is 5.91 Å². The Morgan fingerprint density at radius 2 is 2.17 bits per heavy atom. The van der Waals surface area contributed by atoms with Crippen molar-refractivity contribution in [1.29, 1.82) is 0 Å². The molecule has 0 saturated heterocycles. The van der Waals surface area contributed by atoms with E-state index in [1.54, 1.807) is 6.92 Å². The van der Waals surface area contributed by atoms with Gasteiger partial charge in [0.1, 0.15) is 11.0 Å². The third kappa shape index (κ3) is 4.29. The number of amides is 2. The summed E-state index contributed by atoms with van der Waals surface area (Å²) >= 11 is 5.66. The highest BCUT2D eigenvalue weighted by Crippen LogP contribution is 2.13. The minimum Gasteiger partial charge on any atom is -0.356 e. The van der Waals surface area contributed by atoms with Crippen molar-refractivity contribution in [2.24, 2.45) is 0 Å². The Hall–Kier alpha value is -1.69. The first kappa shape index (κ1) is 14.4. The first-order valence-electron chi connectivity index (χ1n) is 5.40. The van der Waals surface area contributed by atoms with Crippen molar-refractivity contribution >= 4 is 23.4 Å². The molecule has 5 nitrogen and oxygen atoms in total. The molecule has 0 aliphatic rings. The van der Waals surface area contributed by atoms with Crippen LogP contribution in [0.1, 0.15) is 23.7 Å². The van der Waals surface area contributed by atoms with Crippen LogP contribution in [0.5, 0.6) is 0 Å². The van der Waals surface area contributed by atoms with Crippen LogP contribution in [0.2, 0.25) is 5.15 Å². The van der Waals surface area contributed by atoms with Crippen molar-refractivity contribution in [2.75, 3.05) is 13.1 Å². The number of hydrogen-bond donors (Lipinski definition) is 2. The van der Waals surface area contributed by atoms with E-state index in [1.807, 2.05) is 0 Å². The van der Waals surface area contributed by atoms with Crippen LogP contribution in [0.25, 0.3) is 0 Å². The van der Waals surface area contributed by atoms with E-state index in [9.17, 15) is 14.0 Å². The van der Waals surface area contributed by atoms with Crippen molar-refractivity contribution in [2.45, 2.75) is 13.3 Å². The zero-order valence-corrected chi connectivity index (χ0v) is 10.6. The number of nitrogens with one attached hydrogen (secondary N) is 2. The lowest BCUT2D eigenvalue weighted by atomic mass is 10.2. The van der Waals surface area contributed by atoms with Gasteiger partial charge in [0.05, 0.1) is 11.8 Å². The van der Waals surface area contributed by atoms with Gasteiger partial charge in [-0.2, -0.15) is 0 Å². The SMILES string of the molecule is CCNC(=O)CCNC(=O)c1cc(F)cnc1Cl. The molecule has 18 heavy (non-hydrogen) atoms. The molecule has 1 rings (SSSR count). The maximum Gasteiger partial charge on any atom is 0.254 e. The third-order valence-electron chi connectivity index (χ3n) is 2.06. The molecule has 1 heterocycles. The average Bonchev–Trinajstić information content (AvgIpc) is 2.32. The molecular formula is C11H13ClFN3O2. The van der Waals surface area contributed by atoms with Crippen molar-refractivity contribution in [1.82, 2.24) is 15.6 Å². The summed E-state index contributed by atoms with van der Waals surface area (Å²) in [5.74, 6) is -1.37. The van der Waals surface area contributed by atoms with E-state index in [1.165, 1.54) is 0 Å². The predicted octanol–water partition coefficient (Wildman–Crippen LogP) is 1.13. The van der Waals surface area contributed by atoms with E-state index in [2.05, 4.69) is 15.6 Å². The molecule has 2 amide bonds. The highest BCUT2D eigenvalue weighted by atomic mass is 35.5. The normalized spacial score (nSPS) is 9.94. The average molecular weight is 274 g/mol. The molecule has 1 aromatic rings. The highest BCUT2D eigenvalue weighted by molar-refractivity contribution is 6.32. The van der Waals surface area contributed by atoms with Gasteiger partial charge in [0, 0.05) is 19.5 Å². The van der Waals surface area contributed by atoms with Gasteiger partial charge in [0.25, 0.3) is 5.91 Å². The van der Waals surface area contributed by atoms with Crippen LogP contribution in [0.4, 0.5) is 4.39 Å². The van der Waals surface area contributed by atoms with E-state index < -0.39 is 11.7 Å². The summed E-state index contributed by atoms with van der Waals surface area (Å²) in [4.78, 5) is 26.3. The van der Waals surface area contributed by atoms with Crippen LogP contribution in [0.15, 0.2) is 12.3 Å². The molecule has 2 N–H and O–H groups in total. The molecule has 0 fully saturated rings. The lowest BCUT2D eigenvalue weighted by Crippen LogP contribution is -2.30. The Bertz CT molecular complexity index is 454. The van der Waals surface area contributed by atoms with Crippen LogP contribution in [0.3, 0.4) is 0 Å². The molecule has 0 aromatic carbocycles. The first-order chi connectivity index (χ1) is 8.54. The van der Waals surface area contributed by atoms with E-state index in [-0.39, 0.29) is 29.6 Å². The number of carbonyl (C=O) groups is 2. The Labute approximate surface area is 109 Å². The highest BCUT2D eigenvalue weighted by Gasteiger charge is 2.12. The third-order valence-corrected chi connectivity index (χ3v) is 2.36. The second kappa shape index (κ2) is 6.90. The van der Waals surface area contributed by atoms with Gasteiger partial charge in [-0.1, -0.05) is 11.6 Å². The van der Waals surface area contributed by atoms with Crippen LogP contribution in [0, 0.1) is 5.82 Å². The molecule has 0 saturated carbocycles. The molecule has 7 heteroatoms. The summed E-state index contributed by atoms with van der Waals surface area (Å²) in [7, 11) is 0. The van der Waals surface area contributed by atoms with E-state index in [0.717, 1.165) is 12.3 Å². The molecule has 0 spiro atoms. The van der Waals surface area contributed by atoms with Gasteiger partial charge in [0.15, 0.2) is 0 Å². The zero-order valence-electron chi connectivity index (χ0n) is 9.80. The molecule has 98 valence electrons. The maximum atomic E-state index is 12.9. The smallest absolute Gasteiger partial charge is 0.254 e. The van der Waals surface area contributed by atoms with Crippen LogP contribution in [-0.4, -0.2) is 29.9 Å². The summed E-state index contributed by atoms with van der Waals surface area (Å²) in [5.41, 5.74) is -0.0485. The zero-order chi connectivity index (χ0) is 13.5. The maximum absolute atomic E-state index is 12.9. The lowest BCUT2D eigenvalue weighted by Gasteiger charge is -2.06. The molecule has 0 aliphatic heterocycles. The van der Waals surface area contributed by atoms with Crippen LogP contribution in [-0.2, 0) is 4.79 Å².